The van der Waals surface area contributed by atoms with Crippen molar-refractivity contribution in [3.8, 4) is 5.75 Å². The largest absolute Gasteiger partial charge is 0.491 e. The summed E-state index contributed by atoms with van der Waals surface area (Å²) in [5, 5.41) is 10.4. The quantitative estimate of drug-likeness (QED) is 0.636. The topological polar surface area (TPSA) is 41.9 Å². The third-order valence-corrected chi connectivity index (χ3v) is 4.00. The number of rotatable bonds is 11. The van der Waals surface area contributed by atoms with Gasteiger partial charge in [0.15, 0.2) is 0 Å². The first-order chi connectivity index (χ1) is 12.2. The molecule has 0 bridgehead atoms. The van der Waals surface area contributed by atoms with Crippen LogP contribution >= 0.6 is 0 Å². The van der Waals surface area contributed by atoms with Gasteiger partial charge in [0.05, 0.1) is 0 Å². The fraction of sp³-hybridized carbons (Fsp3) is 0.429. The molecule has 0 aliphatic carbocycles. The first kappa shape index (κ1) is 19.4. The summed E-state index contributed by atoms with van der Waals surface area (Å²) < 4.78 is 10.8. The van der Waals surface area contributed by atoms with Crippen molar-refractivity contribution in [2.45, 2.75) is 26.0 Å². The maximum Gasteiger partial charge on any atom is 0.119 e. The second kappa shape index (κ2) is 10.9. The molecule has 0 aromatic heterocycles. The Morgan fingerprint density at radius 1 is 1.04 bits per heavy atom. The number of aryl methyl sites for hydroxylation is 1. The highest BCUT2D eigenvalue weighted by atomic mass is 16.5. The van der Waals surface area contributed by atoms with Gasteiger partial charge in [-0.05, 0) is 31.0 Å². The van der Waals surface area contributed by atoms with E-state index in [9.17, 15) is 5.11 Å². The van der Waals surface area contributed by atoms with Gasteiger partial charge in [0.2, 0.25) is 0 Å². The first-order valence-corrected chi connectivity index (χ1v) is 8.80. The van der Waals surface area contributed by atoms with Crippen LogP contribution in [0.25, 0.3) is 0 Å². The van der Waals surface area contributed by atoms with Crippen LogP contribution < -0.4 is 4.74 Å². The van der Waals surface area contributed by atoms with Crippen LogP contribution in [-0.2, 0) is 11.3 Å². The van der Waals surface area contributed by atoms with E-state index >= 15 is 0 Å². The number of benzene rings is 2. The van der Waals surface area contributed by atoms with Crippen molar-refractivity contribution in [2.24, 2.45) is 0 Å². The van der Waals surface area contributed by atoms with Gasteiger partial charge in [-0.25, -0.2) is 0 Å². The van der Waals surface area contributed by atoms with E-state index in [0.29, 0.717) is 13.2 Å². The fourth-order valence-corrected chi connectivity index (χ4v) is 2.68. The summed E-state index contributed by atoms with van der Waals surface area (Å²) in [4.78, 5) is 2.25. The van der Waals surface area contributed by atoms with Crippen molar-refractivity contribution in [3.05, 3.63) is 65.7 Å². The van der Waals surface area contributed by atoms with Crippen molar-refractivity contribution >= 4 is 0 Å². The third-order valence-electron chi connectivity index (χ3n) is 4.00. The maximum absolute atomic E-state index is 10.4. The van der Waals surface area contributed by atoms with Crippen molar-refractivity contribution in [1.29, 1.82) is 0 Å². The minimum absolute atomic E-state index is 0.290. The number of aliphatic hydroxyl groups is 1. The molecule has 4 nitrogen and oxygen atoms in total. The number of hydrogen-bond donors (Lipinski definition) is 1. The molecule has 0 radical (unpaired) electrons. The zero-order valence-electron chi connectivity index (χ0n) is 15.2. The average Bonchev–Trinajstić information content (AvgIpc) is 2.63. The number of hydrogen-bond acceptors (Lipinski definition) is 4. The molecule has 0 fully saturated rings. The van der Waals surface area contributed by atoms with Crippen LogP contribution in [0.4, 0.5) is 0 Å². The van der Waals surface area contributed by atoms with Crippen LogP contribution in [0.2, 0.25) is 0 Å². The molecular formula is C21H29NO3. The minimum Gasteiger partial charge on any atom is -0.491 e. The summed E-state index contributed by atoms with van der Waals surface area (Å²) >= 11 is 0. The van der Waals surface area contributed by atoms with Crippen LogP contribution in [0.15, 0.2) is 54.6 Å². The molecule has 0 aliphatic rings. The van der Waals surface area contributed by atoms with Gasteiger partial charge in [-0.15, -0.1) is 0 Å². The zero-order valence-corrected chi connectivity index (χ0v) is 15.2. The lowest BCUT2D eigenvalue weighted by molar-refractivity contribution is 0.0617. The van der Waals surface area contributed by atoms with E-state index in [4.69, 9.17) is 9.47 Å². The lowest BCUT2D eigenvalue weighted by atomic mass is 10.1. The summed E-state index contributed by atoms with van der Waals surface area (Å²) in [6.45, 7) is 5.37. The summed E-state index contributed by atoms with van der Waals surface area (Å²) in [5.74, 6) is 0.783. The second-order valence-electron chi connectivity index (χ2n) is 6.34. The van der Waals surface area contributed by atoms with E-state index in [1.807, 2.05) is 30.3 Å². The highest BCUT2D eigenvalue weighted by molar-refractivity contribution is 5.21. The Morgan fingerprint density at radius 3 is 2.44 bits per heavy atom. The van der Waals surface area contributed by atoms with Crippen molar-refractivity contribution < 1.29 is 14.6 Å². The number of aliphatic hydroxyl groups excluding tert-OH is 1. The molecule has 1 atom stereocenters. The van der Waals surface area contributed by atoms with Gasteiger partial charge < -0.3 is 14.6 Å². The molecule has 2 aromatic rings. The lowest BCUT2D eigenvalue weighted by Gasteiger charge is -2.25. The Balaban J connectivity index is 1.86. The fourth-order valence-electron chi connectivity index (χ4n) is 2.68. The highest BCUT2D eigenvalue weighted by Gasteiger charge is 2.13. The molecule has 1 unspecified atom stereocenters. The summed E-state index contributed by atoms with van der Waals surface area (Å²) in [7, 11) is 1.72. The molecule has 0 heterocycles. The molecular weight excluding hydrogens is 314 g/mol. The van der Waals surface area contributed by atoms with Gasteiger partial charge in [0.25, 0.3) is 0 Å². The molecule has 4 heteroatoms. The van der Waals surface area contributed by atoms with E-state index < -0.39 is 6.10 Å². The van der Waals surface area contributed by atoms with Gasteiger partial charge in [0, 0.05) is 33.4 Å². The first-order valence-electron chi connectivity index (χ1n) is 8.80. The predicted octanol–water partition coefficient (Wildman–Crippen LogP) is 3.27. The maximum atomic E-state index is 10.4. The van der Waals surface area contributed by atoms with Crippen molar-refractivity contribution in [3.63, 3.8) is 0 Å². The SMILES string of the molecule is COCCCN(Cc1ccc(C)cc1)CC(O)COc1ccccc1. The second-order valence-corrected chi connectivity index (χ2v) is 6.34. The minimum atomic E-state index is -0.534. The molecule has 0 amide bonds. The van der Waals surface area contributed by atoms with E-state index in [1.165, 1.54) is 11.1 Å². The zero-order chi connectivity index (χ0) is 17.9. The molecule has 0 saturated carbocycles. The average molecular weight is 343 g/mol. The molecule has 0 aliphatic heterocycles. The van der Waals surface area contributed by atoms with Gasteiger partial charge in [-0.3, -0.25) is 4.90 Å². The number of para-hydroxylation sites is 1. The predicted molar refractivity (Wildman–Crippen MR) is 101 cm³/mol. The lowest BCUT2D eigenvalue weighted by Crippen LogP contribution is -2.36. The molecule has 2 aromatic carbocycles. The Labute approximate surface area is 151 Å². The van der Waals surface area contributed by atoms with Crippen LogP contribution in [0.1, 0.15) is 17.5 Å². The Bertz CT molecular complexity index is 586. The smallest absolute Gasteiger partial charge is 0.119 e. The molecule has 136 valence electrons. The Hall–Kier alpha value is -1.88. The molecule has 2 rings (SSSR count). The summed E-state index contributed by atoms with van der Waals surface area (Å²) in [5.41, 5.74) is 2.50. The number of ether oxygens (including phenoxy) is 2. The highest BCUT2D eigenvalue weighted by Crippen LogP contribution is 2.11. The standard InChI is InChI=1S/C21H29NO3/c1-18-9-11-19(12-10-18)15-22(13-6-14-24-2)16-20(23)17-25-21-7-4-3-5-8-21/h3-5,7-12,20,23H,6,13-17H2,1-2H3. The van der Waals surface area contributed by atoms with E-state index in [2.05, 4.69) is 36.1 Å². The monoisotopic (exact) mass is 343 g/mol. The van der Waals surface area contributed by atoms with Gasteiger partial charge in [-0.2, -0.15) is 0 Å². The molecule has 0 spiro atoms. The van der Waals surface area contributed by atoms with Gasteiger partial charge >= 0.3 is 0 Å². The summed E-state index contributed by atoms with van der Waals surface area (Å²) in [6.07, 6.45) is 0.405. The van der Waals surface area contributed by atoms with Gasteiger partial charge in [0.1, 0.15) is 18.5 Å². The van der Waals surface area contributed by atoms with E-state index in [0.717, 1.165) is 31.9 Å². The Kier molecular flexibility index (Phi) is 8.46. The van der Waals surface area contributed by atoms with Crippen LogP contribution in [0.5, 0.6) is 5.75 Å². The number of methoxy groups -OCH3 is 1. The van der Waals surface area contributed by atoms with Crippen molar-refractivity contribution in [1.82, 2.24) is 4.90 Å². The normalized spacial score (nSPS) is 12.3. The van der Waals surface area contributed by atoms with Crippen molar-refractivity contribution in [2.75, 3.05) is 33.4 Å². The summed E-state index contributed by atoms with van der Waals surface area (Å²) in [6, 6.07) is 18.1. The van der Waals surface area contributed by atoms with Crippen LogP contribution in [0.3, 0.4) is 0 Å². The van der Waals surface area contributed by atoms with Crippen LogP contribution in [-0.4, -0.2) is 49.5 Å². The molecule has 0 saturated heterocycles. The van der Waals surface area contributed by atoms with Crippen LogP contribution in [0, 0.1) is 6.92 Å². The van der Waals surface area contributed by atoms with E-state index in [1.54, 1.807) is 7.11 Å². The van der Waals surface area contributed by atoms with E-state index in [-0.39, 0.29) is 0 Å². The third kappa shape index (κ3) is 7.69. The molecule has 25 heavy (non-hydrogen) atoms. The van der Waals surface area contributed by atoms with Gasteiger partial charge in [-0.1, -0.05) is 48.0 Å². The number of nitrogens with zero attached hydrogens (tertiary/aromatic N) is 1. The Morgan fingerprint density at radius 2 is 1.76 bits per heavy atom. The molecule has 1 N–H and O–H groups in total.